The fraction of sp³-hybridized carbons (Fsp3) is 0.571. The highest BCUT2D eigenvalue weighted by molar-refractivity contribution is 5.62. The Morgan fingerprint density at radius 2 is 1.94 bits per heavy atom. The smallest absolute Gasteiger partial charge is 0.387 e. The molecule has 3 rings (SSSR count). The molecule has 1 aromatic rings. The van der Waals surface area contributed by atoms with Crippen LogP contribution in [0.2, 0.25) is 0 Å². The minimum atomic E-state index is -2.75. The second-order valence-electron chi connectivity index (χ2n) is 5.28. The normalized spacial score (nSPS) is 20.8. The van der Waals surface area contributed by atoms with Crippen molar-refractivity contribution >= 4 is 5.69 Å². The highest BCUT2D eigenvalue weighted by Gasteiger charge is 2.39. The molecule has 0 radical (unpaired) electrons. The number of hydrogen-bond acceptors (Lipinski definition) is 2. The summed E-state index contributed by atoms with van der Waals surface area (Å²) in [5.74, 6) is 0.275. The molecule has 0 amide bonds. The Morgan fingerprint density at radius 1 is 1.17 bits per heavy atom. The first-order valence-electron chi connectivity index (χ1n) is 6.53. The van der Waals surface area contributed by atoms with Gasteiger partial charge in [0.2, 0.25) is 0 Å². The molecular weight excluding hydrogens is 236 g/mol. The highest BCUT2D eigenvalue weighted by Crippen LogP contribution is 2.47. The van der Waals surface area contributed by atoms with Gasteiger partial charge in [-0.15, -0.1) is 0 Å². The predicted octanol–water partition coefficient (Wildman–Crippen LogP) is 3.92. The fourth-order valence-electron chi connectivity index (χ4n) is 3.33. The third kappa shape index (κ3) is 1.93. The molecule has 1 N–H and O–H groups in total. The van der Waals surface area contributed by atoms with Gasteiger partial charge in [-0.1, -0.05) is 19.3 Å². The number of nitrogens with one attached hydrogen (secondary N) is 1. The number of fused-ring (bicyclic) bond motifs is 2. The van der Waals surface area contributed by atoms with Crippen LogP contribution in [0.3, 0.4) is 0 Å². The summed E-state index contributed by atoms with van der Waals surface area (Å²) in [5, 5.41) is 3.40. The Labute approximate surface area is 105 Å². The number of anilines is 1. The number of benzene rings is 1. The van der Waals surface area contributed by atoms with E-state index in [0.717, 1.165) is 25.1 Å². The first-order valence-corrected chi connectivity index (χ1v) is 6.53. The number of rotatable bonds is 2. The predicted molar refractivity (Wildman–Crippen MR) is 66.3 cm³/mol. The number of halogens is 2. The summed E-state index contributed by atoms with van der Waals surface area (Å²) in [4.78, 5) is 0. The van der Waals surface area contributed by atoms with Gasteiger partial charge >= 0.3 is 6.61 Å². The lowest BCUT2D eigenvalue weighted by molar-refractivity contribution is -0.0499. The molecule has 2 aliphatic rings. The Morgan fingerprint density at radius 3 is 2.67 bits per heavy atom. The Hall–Kier alpha value is -1.32. The summed E-state index contributed by atoms with van der Waals surface area (Å²) in [6.07, 6.45) is 6.02. The summed E-state index contributed by atoms with van der Waals surface area (Å²) in [5.41, 5.74) is 2.40. The molecule has 4 heteroatoms. The van der Waals surface area contributed by atoms with E-state index >= 15 is 0 Å². The van der Waals surface area contributed by atoms with Crippen molar-refractivity contribution in [3.8, 4) is 5.75 Å². The maximum atomic E-state index is 12.3. The number of alkyl halides is 2. The van der Waals surface area contributed by atoms with Gasteiger partial charge < -0.3 is 10.1 Å². The van der Waals surface area contributed by atoms with Crippen LogP contribution >= 0.6 is 0 Å². The third-order valence-corrected chi connectivity index (χ3v) is 4.22. The van der Waals surface area contributed by atoms with Gasteiger partial charge in [0.25, 0.3) is 0 Å². The van der Waals surface area contributed by atoms with Crippen LogP contribution in [-0.4, -0.2) is 13.2 Å². The van der Waals surface area contributed by atoms with Crippen molar-refractivity contribution in [2.75, 3.05) is 11.9 Å². The molecule has 1 aliphatic carbocycles. The molecule has 0 aromatic heterocycles. The molecule has 0 unspecified atom stereocenters. The summed E-state index contributed by atoms with van der Waals surface area (Å²) < 4.78 is 29.0. The lowest BCUT2D eigenvalue weighted by Gasteiger charge is -2.33. The van der Waals surface area contributed by atoms with Crippen LogP contribution in [0.5, 0.6) is 5.75 Å². The maximum absolute atomic E-state index is 12.3. The topological polar surface area (TPSA) is 21.3 Å². The van der Waals surface area contributed by atoms with Gasteiger partial charge in [0.05, 0.1) is 0 Å². The van der Waals surface area contributed by atoms with Crippen LogP contribution in [0.25, 0.3) is 0 Å². The van der Waals surface area contributed by atoms with Crippen LogP contribution in [0.15, 0.2) is 18.2 Å². The summed E-state index contributed by atoms with van der Waals surface area (Å²) in [6, 6.07) is 5.27. The van der Waals surface area contributed by atoms with E-state index in [4.69, 9.17) is 0 Å². The highest BCUT2D eigenvalue weighted by atomic mass is 19.3. The average Bonchev–Trinajstić information content (AvgIpc) is 2.69. The summed E-state index contributed by atoms with van der Waals surface area (Å²) in [6.45, 7) is -1.82. The van der Waals surface area contributed by atoms with Crippen molar-refractivity contribution in [2.45, 2.75) is 44.1 Å². The van der Waals surface area contributed by atoms with Crippen molar-refractivity contribution in [1.29, 1.82) is 0 Å². The van der Waals surface area contributed by atoms with Gasteiger partial charge in [-0.2, -0.15) is 8.78 Å². The molecule has 2 nitrogen and oxygen atoms in total. The lowest BCUT2D eigenvalue weighted by Crippen LogP contribution is -2.30. The Balaban J connectivity index is 1.93. The SMILES string of the molecule is FC(F)Oc1ccc2c(c1)C1(CCCCC1)CN2. The van der Waals surface area contributed by atoms with E-state index in [9.17, 15) is 8.78 Å². The monoisotopic (exact) mass is 253 g/mol. The van der Waals surface area contributed by atoms with Gasteiger partial charge in [0.15, 0.2) is 0 Å². The average molecular weight is 253 g/mol. The van der Waals surface area contributed by atoms with Crippen molar-refractivity contribution in [2.24, 2.45) is 0 Å². The summed E-state index contributed by atoms with van der Waals surface area (Å²) in [7, 11) is 0. The minimum absolute atomic E-state index is 0.148. The second kappa shape index (κ2) is 4.41. The van der Waals surface area contributed by atoms with Gasteiger partial charge in [0, 0.05) is 17.6 Å². The quantitative estimate of drug-likeness (QED) is 0.862. The second-order valence-corrected chi connectivity index (χ2v) is 5.28. The van der Waals surface area contributed by atoms with Gasteiger partial charge in [0.1, 0.15) is 5.75 Å². The van der Waals surface area contributed by atoms with Crippen LogP contribution in [-0.2, 0) is 5.41 Å². The fourth-order valence-corrected chi connectivity index (χ4v) is 3.33. The zero-order valence-corrected chi connectivity index (χ0v) is 10.2. The molecule has 98 valence electrons. The first kappa shape index (κ1) is 11.8. The van der Waals surface area contributed by atoms with E-state index in [1.54, 1.807) is 12.1 Å². The molecule has 1 spiro atoms. The van der Waals surface area contributed by atoms with E-state index < -0.39 is 6.61 Å². The van der Waals surface area contributed by atoms with E-state index in [-0.39, 0.29) is 11.2 Å². The maximum Gasteiger partial charge on any atom is 0.387 e. The van der Waals surface area contributed by atoms with Gasteiger partial charge in [-0.3, -0.25) is 0 Å². The van der Waals surface area contributed by atoms with Crippen molar-refractivity contribution in [3.05, 3.63) is 23.8 Å². The molecule has 1 fully saturated rings. The number of hydrogen-bond donors (Lipinski definition) is 1. The molecule has 1 aliphatic heterocycles. The van der Waals surface area contributed by atoms with E-state index in [2.05, 4.69) is 10.1 Å². The molecule has 1 saturated carbocycles. The Kier molecular flexibility index (Phi) is 2.88. The van der Waals surface area contributed by atoms with Crippen LogP contribution < -0.4 is 10.1 Å². The largest absolute Gasteiger partial charge is 0.435 e. The van der Waals surface area contributed by atoms with Crippen LogP contribution in [0.4, 0.5) is 14.5 Å². The molecular formula is C14H17F2NO. The van der Waals surface area contributed by atoms with E-state index in [1.165, 1.54) is 24.8 Å². The molecule has 1 aromatic carbocycles. The van der Waals surface area contributed by atoms with E-state index in [1.807, 2.05) is 6.07 Å². The zero-order chi connectivity index (χ0) is 12.6. The molecule has 18 heavy (non-hydrogen) atoms. The molecule has 0 bridgehead atoms. The number of ether oxygens (including phenoxy) is 1. The standard InChI is InChI=1S/C14H17F2NO/c15-13(16)18-10-4-5-12-11(8-10)14(9-17-12)6-2-1-3-7-14/h4-5,8,13,17H,1-3,6-7,9H2. The zero-order valence-electron chi connectivity index (χ0n) is 10.2. The molecule has 1 heterocycles. The van der Waals surface area contributed by atoms with Crippen molar-refractivity contribution in [1.82, 2.24) is 0 Å². The lowest BCUT2D eigenvalue weighted by atomic mass is 9.71. The van der Waals surface area contributed by atoms with Crippen LogP contribution in [0, 0.1) is 0 Å². The van der Waals surface area contributed by atoms with Gasteiger partial charge in [-0.05, 0) is 36.6 Å². The van der Waals surface area contributed by atoms with E-state index in [0.29, 0.717) is 0 Å². The van der Waals surface area contributed by atoms with Crippen molar-refractivity contribution in [3.63, 3.8) is 0 Å². The first-order chi connectivity index (χ1) is 8.70. The summed E-state index contributed by atoms with van der Waals surface area (Å²) >= 11 is 0. The molecule has 0 saturated heterocycles. The van der Waals surface area contributed by atoms with Crippen LogP contribution in [0.1, 0.15) is 37.7 Å². The van der Waals surface area contributed by atoms with Gasteiger partial charge in [-0.25, -0.2) is 0 Å². The third-order valence-electron chi connectivity index (χ3n) is 4.22. The van der Waals surface area contributed by atoms with Crippen molar-refractivity contribution < 1.29 is 13.5 Å². The molecule has 0 atom stereocenters. The minimum Gasteiger partial charge on any atom is -0.435 e. The Bertz CT molecular complexity index is 436.